The predicted molar refractivity (Wildman–Crippen MR) is 72.0 cm³/mol. The van der Waals surface area contributed by atoms with Crippen LogP contribution in [-0.2, 0) is 0 Å². The van der Waals surface area contributed by atoms with Crippen LogP contribution in [0.1, 0.15) is 44.0 Å². The van der Waals surface area contributed by atoms with E-state index >= 15 is 0 Å². The second-order valence-electron chi connectivity index (χ2n) is 4.78. The van der Waals surface area contributed by atoms with E-state index in [9.17, 15) is 18.0 Å². The summed E-state index contributed by atoms with van der Waals surface area (Å²) in [5.41, 5.74) is -0.158. The van der Waals surface area contributed by atoms with Gasteiger partial charge in [-0.3, -0.25) is 4.79 Å². The molecule has 0 aromatic heterocycles. The first-order valence-electron chi connectivity index (χ1n) is 6.88. The van der Waals surface area contributed by atoms with E-state index < -0.39 is 23.4 Å². The van der Waals surface area contributed by atoms with E-state index in [1.807, 2.05) is 13.8 Å². The fraction of sp³-hybridized carbons (Fsp3) is 0.533. The lowest BCUT2D eigenvalue weighted by Gasteiger charge is -2.25. The molecule has 1 aromatic carbocycles. The van der Waals surface area contributed by atoms with Crippen LogP contribution in [-0.4, -0.2) is 23.9 Å². The number of amides is 1. The summed E-state index contributed by atoms with van der Waals surface area (Å²) >= 11 is 0. The highest BCUT2D eigenvalue weighted by molar-refractivity contribution is 5.94. The lowest BCUT2D eigenvalue weighted by molar-refractivity contribution is 0.0733. The van der Waals surface area contributed by atoms with Gasteiger partial charge in [0.25, 0.3) is 5.91 Å². The smallest absolute Gasteiger partial charge is 0.254 e. The number of rotatable bonds is 6. The molecular weight excluding hydrogens is 267 g/mol. The quantitative estimate of drug-likeness (QED) is 0.724. The zero-order valence-electron chi connectivity index (χ0n) is 12.0. The lowest BCUT2D eigenvalue weighted by Crippen LogP contribution is -2.35. The first-order chi connectivity index (χ1) is 9.44. The molecule has 0 saturated heterocycles. The summed E-state index contributed by atoms with van der Waals surface area (Å²) in [7, 11) is 0. The molecule has 1 aromatic rings. The molecule has 2 nitrogen and oxygen atoms in total. The van der Waals surface area contributed by atoms with Crippen molar-refractivity contribution in [1.29, 1.82) is 0 Å². The molecule has 20 heavy (non-hydrogen) atoms. The van der Waals surface area contributed by atoms with Gasteiger partial charge in [0.1, 0.15) is 0 Å². The number of carbonyl (C=O) groups is 1. The zero-order valence-corrected chi connectivity index (χ0v) is 12.0. The maximum absolute atomic E-state index is 13.2. The van der Waals surface area contributed by atoms with Crippen molar-refractivity contribution < 1.29 is 18.0 Å². The minimum absolute atomic E-state index is 0.158. The summed E-state index contributed by atoms with van der Waals surface area (Å²) in [6, 6.07) is 1.49. The number of benzene rings is 1. The minimum atomic E-state index is -1.55. The summed E-state index contributed by atoms with van der Waals surface area (Å²) in [6.45, 7) is 6.84. The van der Waals surface area contributed by atoms with Gasteiger partial charge >= 0.3 is 0 Å². The molecule has 0 atom stereocenters. The van der Waals surface area contributed by atoms with Crippen LogP contribution in [0.5, 0.6) is 0 Å². The zero-order chi connectivity index (χ0) is 15.3. The van der Waals surface area contributed by atoms with Gasteiger partial charge in [0.05, 0.1) is 0 Å². The highest BCUT2D eigenvalue weighted by Gasteiger charge is 2.20. The highest BCUT2D eigenvalue weighted by Crippen LogP contribution is 2.17. The number of halogens is 3. The number of hydrogen-bond acceptors (Lipinski definition) is 1. The van der Waals surface area contributed by atoms with E-state index in [0.717, 1.165) is 25.0 Å². The van der Waals surface area contributed by atoms with Gasteiger partial charge in [-0.25, -0.2) is 13.2 Å². The van der Waals surface area contributed by atoms with Crippen molar-refractivity contribution in [1.82, 2.24) is 4.90 Å². The van der Waals surface area contributed by atoms with E-state index in [1.54, 1.807) is 6.92 Å². The van der Waals surface area contributed by atoms with Crippen LogP contribution in [0.2, 0.25) is 0 Å². The van der Waals surface area contributed by atoms with E-state index in [1.165, 1.54) is 4.90 Å². The topological polar surface area (TPSA) is 20.3 Å². The standard InChI is InChI=1S/C15H20F3NO/c1-4-10(5-2)9-19(6-3)15(20)11-7-12(16)14(18)13(17)8-11/h7-8,10H,4-6,9H2,1-3H3. The Morgan fingerprint density at radius 3 is 2.00 bits per heavy atom. The van der Waals surface area contributed by atoms with Gasteiger partial charge in [-0.15, -0.1) is 0 Å². The van der Waals surface area contributed by atoms with E-state index in [0.29, 0.717) is 19.0 Å². The van der Waals surface area contributed by atoms with Crippen molar-refractivity contribution in [3.05, 3.63) is 35.1 Å². The van der Waals surface area contributed by atoms with Crippen LogP contribution in [0.3, 0.4) is 0 Å². The predicted octanol–water partition coefficient (Wildman–Crippen LogP) is 4.00. The van der Waals surface area contributed by atoms with E-state index in [4.69, 9.17) is 0 Å². The van der Waals surface area contributed by atoms with Gasteiger partial charge < -0.3 is 4.90 Å². The molecule has 0 bridgehead atoms. The van der Waals surface area contributed by atoms with Crippen molar-refractivity contribution in [3.63, 3.8) is 0 Å². The van der Waals surface area contributed by atoms with Crippen molar-refractivity contribution in [2.45, 2.75) is 33.6 Å². The third-order valence-corrected chi connectivity index (χ3v) is 3.53. The summed E-state index contributed by atoms with van der Waals surface area (Å²) in [6.07, 6.45) is 1.85. The van der Waals surface area contributed by atoms with Crippen molar-refractivity contribution in [2.75, 3.05) is 13.1 Å². The Hall–Kier alpha value is -1.52. The largest absolute Gasteiger partial charge is 0.339 e. The van der Waals surface area contributed by atoms with Gasteiger partial charge in [-0.1, -0.05) is 26.7 Å². The Bertz CT molecular complexity index is 449. The van der Waals surface area contributed by atoms with Crippen LogP contribution in [0, 0.1) is 23.4 Å². The first kappa shape index (κ1) is 16.5. The van der Waals surface area contributed by atoms with Crippen LogP contribution in [0.15, 0.2) is 12.1 Å². The third-order valence-electron chi connectivity index (χ3n) is 3.53. The van der Waals surface area contributed by atoms with E-state index in [2.05, 4.69) is 0 Å². The van der Waals surface area contributed by atoms with Gasteiger partial charge in [0.15, 0.2) is 17.5 Å². The third kappa shape index (κ3) is 3.74. The van der Waals surface area contributed by atoms with E-state index in [-0.39, 0.29) is 5.56 Å². The van der Waals surface area contributed by atoms with Crippen LogP contribution < -0.4 is 0 Å². The Balaban J connectivity index is 2.96. The molecule has 0 aliphatic heterocycles. The molecule has 5 heteroatoms. The van der Waals surface area contributed by atoms with Crippen molar-refractivity contribution >= 4 is 5.91 Å². The fourth-order valence-electron chi connectivity index (χ4n) is 2.08. The van der Waals surface area contributed by atoms with Gasteiger partial charge in [0.2, 0.25) is 0 Å². The lowest BCUT2D eigenvalue weighted by atomic mass is 10.0. The fourth-order valence-corrected chi connectivity index (χ4v) is 2.08. The van der Waals surface area contributed by atoms with Crippen LogP contribution >= 0.6 is 0 Å². The average molecular weight is 287 g/mol. The van der Waals surface area contributed by atoms with Gasteiger partial charge in [-0.2, -0.15) is 0 Å². The van der Waals surface area contributed by atoms with Crippen molar-refractivity contribution in [2.24, 2.45) is 5.92 Å². The Morgan fingerprint density at radius 2 is 1.60 bits per heavy atom. The first-order valence-corrected chi connectivity index (χ1v) is 6.88. The molecule has 0 N–H and O–H groups in total. The van der Waals surface area contributed by atoms with Gasteiger partial charge in [0, 0.05) is 18.7 Å². The highest BCUT2D eigenvalue weighted by atomic mass is 19.2. The summed E-state index contributed by atoms with van der Waals surface area (Å²) in [5, 5.41) is 0. The molecule has 0 aliphatic rings. The molecule has 0 unspecified atom stereocenters. The summed E-state index contributed by atoms with van der Waals surface area (Å²) in [4.78, 5) is 13.8. The monoisotopic (exact) mass is 287 g/mol. The average Bonchev–Trinajstić information content (AvgIpc) is 2.45. The molecule has 0 radical (unpaired) electrons. The molecule has 1 amide bonds. The van der Waals surface area contributed by atoms with Crippen LogP contribution in [0.25, 0.3) is 0 Å². The summed E-state index contributed by atoms with van der Waals surface area (Å²) < 4.78 is 39.3. The Kier molecular flexibility index (Phi) is 6.05. The maximum atomic E-state index is 13.2. The minimum Gasteiger partial charge on any atom is -0.339 e. The SMILES string of the molecule is CCC(CC)CN(CC)C(=O)c1cc(F)c(F)c(F)c1. The number of hydrogen-bond donors (Lipinski definition) is 0. The summed E-state index contributed by atoms with van der Waals surface area (Å²) in [5.74, 6) is -4.37. The number of nitrogens with zero attached hydrogens (tertiary/aromatic N) is 1. The second kappa shape index (κ2) is 7.31. The second-order valence-corrected chi connectivity index (χ2v) is 4.78. The molecule has 112 valence electrons. The maximum Gasteiger partial charge on any atom is 0.254 e. The molecule has 0 aliphatic carbocycles. The normalized spacial score (nSPS) is 10.9. The van der Waals surface area contributed by atoms with Crippen molar-refractivity contribution in [3.8, 4) is 0 Å². The Morgan fingerprint density at radius 1 is 1.10 bits per heavy atom. The molecule has 0 fully saturated rings. The molecular formula is C15H20F3NO. The molecule has 0 spiro atoms. The molecule has 1 rings (SSSR count). The Labute approximate surface area is 117 Å². The number of carbonyl (C=O) groups excluding carboxylic acids is 1. The van der Waals surface area contributed by atoms with Gasteiger partial charge in [-0.05, 0) is 25.0 Å². The molecule has 0 heterocycles. The molecule has 0 saturated carbocycles. The van der Waals surface area contributed by atoms with Crippen LogP contribution in [0.4, 0.5) is 13.2 Å².